The molecule has 1 atom stereocenters. The van der Waals surface area contributed by atoms with Crippen molar-refractivity contribution in [2.24, 2.45) is 0 Å². The molecule has 1 saturated carbocycles. The van der Waals surface area contributed by atoms with E-state index < -0.39 is 29.0 Å². The van der Waals surface area contributed by atoms with Crippen molar-refractivity contribution in [2.45, 2.75) is 63.0 Å². The van der Waals surface area contributed by atoms with Crippen LogP contribution in [0.25, 0.3) is 0 Å². The van der Waals surface area contributed by atoms with Gasteiger partial charge in [-0.1, -0.05) is 19.3 Å². The van der Waals surface area contributed by atoms with E-state index in [2.05, 4.69) is 5.10 Å². The van der Waals surface area contributed by atoms with Crippen molar-refractivity contribution < 1.29 is 23.4 Å². The molecule has 22 heavy (non-hydrogen) atoms. The highest BCUT2D eigenvalue weighted by molar-refractivity contribution is 5.10. The number of aromatic nitrogens is 2. The van der Waals surface area contributed by atoms with E-state index >= 15 is 0 Å². The first-order chi connectivity index (χ1) is 10.2. The molecule has 1 fully saturated rings. The lowest BCUT2D eigenvalue weighted by Gasteiger charge is -2.33. The van der Waals surface area contributed by atoms with Crippen LogP contribution in [0.3, 0.4) is 0 Å². The predicted molar refractivity (Wildman–Crippen MR) is 72.2 cm³/mol. The topological polar surface area (TPSA) is 75.4 Å². The van der Waals surface area contributed by atoms with Crippen LogP contribution in [0, 0.1) is 0 Å². The average molecular weight is 320 g/mol. The summed E-state index contributed by atoms with van der Waals surface area (Å²) in [6, 6.07) is 0.453. The lowest BCUT2D eigenvalue weighted by molar-refractivity contribution is -0.138. The monoisotopic (exact) mass is 320 g/mol. The molecule has 0 bridgehead atoms. The van der Waals surface area contributed by atoms with E-state index in [-0.39, 0.29) is 13.0 Å². The molecule has 0 amide bonds. The van der Waals surface area contributed by atoms with Crippen LogP contribution in [-0.2, 0) is 12.7 Å². The Kier molecular flexibility index (Phi) is 4.91. The van der Waals surface area contributed by atoms with Crippen molar-refractivity contribution >= 4 is 0 Å². The molecule has 0 spiro atoms. The summed E-state index contributed by atoms with van der Waals surface area (Å²) in [6.07, 6.45) is -1.06. The maximum atomic E-state index is 12.5. The summed E-state index contributed by atoms with van der Waals surface area (Å²) in [5.74, 6) is 0. The summed E-state index contributed by atoms with van der Waals surface area (Å²) in [4.78, 5) is 11.6. The van der Waals surface area contributed by atoms with E-state index in [9.17, 15) is 28.2 Å². The Labute approximate surface area is 125 Å². The first-order valence-electron chi connectivity index (χ1n) is 7.24. The lowest BCUT2D eigenvalue weighted by Crippen LogP contribution is -2.38. The van der Waals surface area contributed by atoms with Crippen LogP contribution in [0.1, 0.15) is 44.1 Å². The third kappa shape index (κ3) is 4.30. The van der Waals surface area contributed by atoms with Crippen LogP contribution in [-0.4, -0.2) is 31.7 Å². The van der Waals surface area contributed by atoms with Crippen LogP contribution < -0.4 is 5.56 Å². The molecule has 124 valence electrons. The molecule has 2 N–H and O–H groups in total. The number of rotatable bonds is 4. The van der Waals surface area contributed by atoms with Gasteiger partial charge in [0, 0.05) is 12.5 Å². The van der Waals surface area contributed by atoms with Gasteiger partial charge in [0.05, 0.1) is 30.0 Å². The van der Waals surface area contributed by atoms with Gasteiger partial charge in [-0.25, -0.2) is 4.68 Å². The van der Waals surface area contributed by atoms with E-state index in [4.69, 9.17) is 0 Å². The molecular formula is C14H19F3N2O3. The third-order valence-electron chi connectivity index (χ3n) is 3.98. The Balaban J connectivity index is 2.02. The number of alkyl halides is 3. The second-order valence-electron chi connectivity index (χ2n) is 5.91. The molecule has 8 heteroatoms. The molecule has 0 radical (unpaired) electrons. The molecule has 1 heterocycles. The summed E-state index contributed by atoms with van der Waals surface area (Å²) < 4.78 is 38.1. The molecule has 1 aromatic rings. The Bertz CT molecular complexity index is 565. The first-order valence-corrected chi connectivity index (χ1v) is 7.24. The third-order valence-corrected chi connectivity index (χ3v) is 3.98. The van der Waals surface area contributed by atoms with Gasteiger partial charge in [-0.2, -0.15) is 18.3 Å². The van der Waals surface area contributed by atoms with Gasteiger partial charge in [0.1, 0.15) is 0 Å². The summed E-state index contributed by atoms with van der Waals surface area (Å²) >= 11 is 0. The van der Waals surface area contributed by atoms with E-state index in [1.807, 2.05) is 0 Å². The Morgan fingerprint density at radius 2 is 1.95 bits per heavy atom. The lowest BCUT2D eigenvalue weighted by atomic mass is 9.81. The van der Waals surface area contributed by atoms with Gasteiger partial charge in [0.2, 0.25) is 0 Å². The molecular weight excluding hydrogens is 301 g/mol. The Morgan fingerprint density at radius 1 is 1.32 bits per heavy atom. The zero-order valence-electron chi connectivity index (χ0n) is 12.0. The highest BCUT2D eigenvalue weighted by Crippen LogP contribution is 2.32. The second-order valence-corrected chi connectivity index (χ2v) is 5.91. The fourth-order valence-corrected chi connectivity index (χ4v) is 2.84. The largest absolute Gasteiger partial charge is 0.418 e. The molecule has 1 aliphatic rings. The van der Waals surface area contributed by atoms with E-state index in [0.717, 1.165) is 23.9 Å². The van der Waals surface area contributed by atoms with Crippen LogP contribution in [0.2, 0.25) is 0 Å². The predicted octanol–water partition coefficient (Wildman–Crippen LogP) is 1.71. The van der Waals surface area contributed by atoms with E-state index in [1.165, 1.54) is 0 Å². The van der Waals surface area contributed by atoms with Gasteiger partial charge in [-0.3, -0.25) is 4.79 Å². The SMILES string of the molecule is O=c1cc(C(F)(F)F)cnn1CC(O)CC1(O)CCCCC1. The number of halogens is 3. The zero-order valence-corrected chi connectivity index (χ0v) is 12.0. The number of hydrogen-bond acceptors (Lipinski definition) is 4. The van der Waals surface area contributed by atoms with Gasteiger partial charge in [-0.05, 0) is 12.8 Å². The van der Waals surface area contributed by atoms with Crippen LogP contribution >= 0.6 is 0 Å². The van der Waals surface area contributed by atoms with Crippen LogP contribution in [0.15, 0.2) is 17.1 Å². The number of hydrogen-bond donors (Lipinski definition) is 2. The minimum Gasteiger partial charge on any atom is -0.391 e. The highest BCUT2D eigenvalue weighted by atomic mass is 19.4. The highest BCUT2D eigenvalue weighted by Gasteiger charge is 2.33. The number of nitrogens with zero attached hydrogens (tertiary/aromatic N) is 2. The smallest absolute Gasteiger partial charge is 0.391 e. The van der Waals surface area contributed by atoms with Gasteiger partial charge in [-0.15, -0.1) is 0 Å². The molecule has 0 saturated heterocycles. The average Bonchev–Trinajstić information content (AvgIpc) is 2.40. The normalized spacial score (nSPS) is 19.9. The Morgan fingerprint density at radius 3 is 2.50 bits per heavy atom. The fraction of sp³-hybridized carbons (Fsp3) is 0.714. The van der Waals surface area contributed by atoms with Crippen molar-refractivity contribution in [3.05, 3.63) is 28.2 Å². The summed E-state index contributed by atoms with van der Waals surface area (Å²) in [5.41, 5.74) is -3.01. The molecule has 5 nitrogen and oxygen atoms in total. The van der Waals surface area contributed by atoms with Crippen molar-refractivity contribution in [1.82, 2.24) is 9.78 Å². The fourth-order valence-electron chi connectivity index (χ4n) is 2.84. The molecule has 1 unspecified atom stereocenters. The molecule has 0 aromatic carbocycles. The van der Waals surface area contributed by atoms with Gasteiger partial charge < -0.3 is 10.2 Å². The molecule has 0 aliphatic heterocycles. The quantitative estimate of drug-likeness (QED) is 0.885. The van der Waals surface area contributed by atoms with E-state index in [1.54, 1.807) is 0 Å². The maximum Gasteiger partial charge on any atom is 0.418 e. The standard InChI is InChI=1S/C14H19F3N2O3/c15-14(16,17)10-6-12(21)19(18-8-10)9-11(20)7-13(22)4-2-1-3-5-13/h6,8,11,20,22H,1-5,7,9H2. The molecule has 1 aliphatic carbocycles. The van der Waals surface area contributed by atoms with Gasteiger partial charge in [0.15, 0.2) is 0 Å². The zero-order chi connectivity index (χ0) is 16.4. The van der Waals surface area contributed by atoms with Crippen LogP contribution in [0.4, 0.5) is 13.2 Å². The second kappa shape index (κ2) is 6.37. The minimum absolute atomic E-state index is 0.0855. The number of aliphatic hydroxyl groups excluding tert-OH is 1. The van der Waals surface area contributed by atoms with E-state index in [0.29, 0.717) is 25.1 Å². The minimum atomic E-state index is -4.62. The number of aliphatic hydroxyl groups is 2. The maximum absolute atomic E-state index is 12.5. The van der Waals surface area contributed by atoms with Crippen molar-refractivity contribution in [1.29, 1.82) is 0 Å². The summed E-state index contributed by atoms with van der Waals surface area (Å²) in [7, 11) is 0. The first kappa shape index (κ1) is 17.0. The van der Waals surface area contributed by atoms with Crippen molar-refractivity contribution in [3.8, 4) is 0 Å². The summed E-state index contributed by atoms with van der Waals surface area (Å²) in [5, 5.41) is 23.8. The Hall–Kier alpha value is -1.41. The molecule has 2 rings (SSSR count). The molecule has 1 aromatic heterocycles. The van der Waals surface area contributed by atoms with Gasteiger partial charge in [0.25, 0.3) is 5.56 Å². The summed E-state index contributed by atoms with van der Waals surface area (Å²) in [6.45, 7) is -0.237. The van der Waals surface area contributed by atoms with Crippen LogP contribution in [0.5, 0.6) is 0 Å². The van der Waals surface area contributed by atoms with Crippen molar-refractivity contribution in [3.63, 3.8) is 0 Å². The van der Waals surface area contributed by atoms with Gasteiger partial charge >= 0.3 is 6.18 Å². The van der Waals surface area contributed by atoms with Crippen molar-refractivity contribution in [2.75, 3.05) is 0 Å².